The summed E-state index contributed by atoms with van der Waals surface area (Å²) >= 11 is 7.55. The van der Waals surface area contributed by atoms with Gasteiger partial charge in [0.2, 0.25) is 0 Å². The van der Waals surface area contributed by atoms with E-state index in [-0.39, 0.29) is 6.03 Å². The second-order valence-electron chi connectivity index (χ2n) is 5.62. The van der Waals surface area contributed by atoms with Gasteiger partial charge >= 0.3 is 6.03 Å². The lowest BCUT2D eigenvalue weighted by Gasteiger charge is -2.10. The van der Waals surface area contributed by atoms with Gasteiger partial charge < -0.3 is 10.6 Å². The summed E-state index contributed by atoms with van der Waals surface area (Å²) < 4.78 is 1.11. The van der Waals surface area contributed by atoms with Crippen LogP contribution >= 0.6 is 22.9 Å². The molecule has 0 saturated carbocycles. The number of anilines is 2. The van der Waals surface area contributed by atoms with Crippen LogP contribution < -0.4 is 10.6 Å². The largest absolute Gasteiger partial charge is 0.323 e. The Morgan fingerprint density at radius 2 is 1.73 bits per heavy atom. The molecule has 128 valence electrons. The first-order valence-electron chi connectivity index (χ1n) is 7.97. The summed E-state index contributed by atoms with van der Waals surface area (Å²) in [5, 5.41) is 7.11. The third-order valence-electron chi connectivity index (χ3n) is 3.78. The van der Waals surface area contributed by atoms with Crippen LogP contribution in [0.5, 0.6) is 0 Å². The van der Waals surface area contributed by atoms with Gasteiger partial charge in [0.05, 0.1) is 15.9 Å². The molecule has 4 aromatic rings. The van der Waals surface area contributed by atoms with Crippen molar-refractivity contribution in [1.82, 2.24) is 4.98 Å². The monoisotopic (exact) mass is 379 g/mol. The molecule has 4 rings (SSSR count). The highest BCUT2D eigenvalue weighted by Crippen LogP contribution is 2.34. The molecule has 2 N–H and O–H groups in total. The first-order chi connectivity index (χ1) is 12.7. The van der Waals surface area contributed by atoms with Crippen LogP contribution in [0.4, 0.5) is 16.2 Å². The molecule has 0 aliphatic rings. The van der Waals surface area contributed by atoms with Crippen LogP contribution in [0.1, 0.15) is 0 Å². The molecule has 0 aliphatic heterocycles. The lowest BCUT2D eigenvalue weighted by Crippen LogP contribution is -2.19. The number of carbonyl (C=O) groups is 1. The Balaban J connectivity index is 1.60. The van der Waals surface area contributed by atoms with Crippen LogP contribution in [0.25, 0.3) is 20.8 Å². The van der Waals surface area contributed by atoms with Gasteiger partial charge in [-0.05, 0) is 42.5 Å². The zero-order valence-corrected chi connectivity index (χ0v) is 15.1. The quantitative estimate of drug-likeness (QED) is 0.441. The summed E-state index contributed by atoms with van der Waals surface area (Å²) in [5.41, 5.74) is 3.17. The first-order valence-corrected chi connectivity index (χ1v) is 9.17. The third kappa shape index (κ3) is 3.54. The van der Waals surface area contributed by atoms with Gasteiger partial charge in [-0.3, -0.25) is 0 Å². The number of hydrogen-bond donors (Lipinski definition) is 2. The Morgan fingerprint density at radius 1 is 0.923 bits per heavy atom. The van der Waals surface area contributed by atoms with E-state index in [1.165, 1.54) is 0 Å². The molecule has 2 amide bonds. The normalized spacial score (nSPS) is 10.7. The fourth-order valence-electron chi connectivity index (χ4n) is 2.62. The van der Waals surface area contributed by atoms with Crippen LogP contribution in [0, 0.1) is 0 Å². The van der Waals surface area contributed by atoms with E-state index in [2.05, 4.69) is 15.6 Å². The zero-order valence-electron chi connectivity index (χ0n) is 13.6. The van der Waals surface area contributed by atoms with Crippen LogP contribution in [-0.2, 0) is 0 Å². The molecule has 0 bridgehead atoms. The van der Waals surface area contributed by atoms with Crippen molar-refractivity contribution in [3.05, 3.63) is 77.8 Å². The van der Waals surface area contributed by atoms with Gasteiger partial charge in [0.15, 0.2) is 0 Å². The Morgan fingerprint density at radius 3 is 2.58 bits per heavy atom. The maximum atomic E-state index is 12.4. The molecule has 4 nitrogen and oxygen atoms in total. The summed E-state index contributed by atoms with van der Waals surface area (Å²) in [5.74, 6) is 0. The Bertz CT molecular complexity index is 1060. The maximum Gasteiger partial charge on any atom is 0.323 e. The van der Waals surface area contributed by atoms with Gasteiger partial charge in [0, 0.05) is 16.3 Å². The fourth-order valence-corrected chi connectivity index (χ4v) is 3.81. The number of amides is 2. The number of urea groups is 1. The summed E-state index contributed by atoms with van der Waals surface area (Å²) in [6.07, 6.45) is 0. The topological polar surface area (TPSA) is 54.0 Å². The fraction of sp³-hybridized carbons (Fsp3) is 0. The van der Waals surface area contributed by atoms with Gasteiger partial charge in [-0.1, -0.05) is 41.9 Å². The molecule has 26 heavy (non-hydrogen) atoms. The Hall–Kier alpha value is -2.89. The number of benzene rings is 3. The highest BCUT2D eigenvalue weighted by Gasteiger charge is 2.12. The number of thiazole rings is 1. The average Bonchev–Trinajstić information content (AvgIpc) is 3.06. The number of hydrogen-bond acceptors (Lipinski definition) is 3. The van der Waals surface area contributed by atoms with Crippen molar-refractivity contribution in [3.63, 3.8) is 0 Å². The average molecular weight is 380 g/mol. The molecule has 1 aromatic heterocycles. The van der Waals surface area contributed by atoms with Crippen LogP contribution in [0.15, 0.2) is 72.8 Å². The first kappa shape index (κ1) is 16.6. The molecule has 0 fully saturated rings. The number of fused-ring (bicyclic) bond motifs is 1. The predicted octanol–water partition coefficient (Wildman–Crippen LogP) is 6.26. The van der Waals surface area contributed by atoms with Crippen molar-refractivity contribution in [1.29, 1.82) is 0 Å². The molecular formula is C20H14ClN3OS. The highest BCUT2D eigenvalue weighted by molar-refractivity contribution is 7.21. The second kappa shape index (κ2) is 7.15. The van der Waals surface area contributed by atoms with E-state index < -0.39 is 0 Å². The van der Waals surface area contributed by atoms with E-state index in [1.54, 1.807) is 35.6 Å². The van der Waals surface area contributed by atoms with Crippen molar-refractivity contribution >= 4 is 50.6 Å². The van der Waals surface area contributed by atoms with E-state index in [9.17, 15) is 4.79 Å². The van der Waals surface area contributed by atoms with Gasteiger partial charge in [-0.15, -0.1) is 11.3 Å². The van der Waals surface area contributed by atoms with Crippen LogP contribution in [-0.4, -0.2) is 11.0 Å². The molecule has 1 heterocycles. The number of aromatic nitrogens is 1. The molecule has 0 spiro atoms. The van der Waals surface area contributed by atoms with Crippen molar-refractivity contribution in [2.45, 2.75) is 0 Å². The number of nitrogens with zero attached hydrogens (tertiary/aromatic N) is 1. The molecule has 6 heteroatoms. The molecule has 0 unspecified atom stereocenters. The van der Waals surface area contributed by atoms with E-state index in [0.29, 0.717) is 16.4 Å². The molecule has 3 aromatic carbocycles. The smallest absolute Gasteiger partial charge is 0.308 e. The third-order valence-corrected chi connectivity index (χ3v) is 5.09. The minimum Gasteiger partial charge on any atom is -0.308 e. The van der Waals surface area contributed by atoms with Gasteiger partial charge in [-0.25, -0.2) is 9.78 Å². The highest BCUT2D eigenvalue weighted by atomic mass is 35.5. The van der Waals surface area contributed by atoms with Gasteiger partial charge in [0.1, 0.15) is 5.01 Å². The van der Waals surface area contributed by atoms with Gasteiger partial charge in [0.25, 0.3) is 0 Å². The number of para-hydroxylation sites is 2. The molecule has 0 radical (unpaired) electrons. The number of carbonyl (C=O) groups excluding carboxylic acids is 1. The lowest BCUT2D eigenvalue weighted by atomic mass is 10.2. The summed E-state index contributed by atoms with van der Waals surface area (Å²) in [4.78, 5) is 17.0. The molecular weight excluding hydrogens is 366 g/mol. The predicted molar refractivity (Wildman–Crippen MR) is 109 cm³/mol. The minimum absolute atomic E-state index is 0.333. The standard InChI is InChI=1S/C20H14ClN3OS/c21-13-6-5-7-14(12-13)22-20(25)24-16-9-2-1-8-15(16)19-23-17-10-3-4-11-18(17)26-19/h1-12H,(H2,22,24,25). The van der Waals surface area contributed by atoms with E-state index in [1.807, 2.05) is 48.5 Å². The van der Waals surface area contributed by atoms with Gasteiger partial charge in [-0.2, -0.15) is 0 Å². The maximum absolute atomic E-state index is 12.4. The Labute approximate surface area is 159 Å². The lowest BCUT2D eigenvalue weighted by molar-refractivity contribution is 0.262. The van der Waals surface area contributed by atoms with E-state index in [0.717, 1.165) is 20.8 Å². The Kier molecular flexibility index (Phi) is 4.56. The number of rotatable bonds is 3. The molecule has 0 aliphatic carbocycles. The minimum atomic E-state index is -0.333. The summed E-state index contributed by atoms with van der Waals surface area (Å²) in [6, 6.07) is 22.3. The number of nitrogens with one attached hydrogen (secondary N) is 2. The van der Waals surface area contributed by atoms with Crippen molar-refractivity contribution in [2.24, 2.45) is 0 Å². The molecule has 0 saturated heterocycles. The molecule has 0 atom stereocenters. The second-order valence-corrected chi connectivity index (χ2v) is 7.09. The zero-order chi connectivity index (χ0) is 17.9. The van der Waals surface area contributed by atoms with Crippen molar-refractivity contribution in [2.75, 3.05) is 10.6 Å². The summed E-state index contributed by atoms with van der Waals surface area (Å²) in [7, 11) is 0. The van der Waals surface area contributed by atoms with E-state index in [4.69, 9.17) is 11.6 Å². The SMILES string of the molecule is O=C(Nc1cccc(Cl)c1)Nc1ccccc1-c1nc2ccccc2s1. The van der Waals surface area contributed by atoms with Crippen LogP contribution in [0.3, 0.4) is 0 Å². The van der Waals surface area contributed by atoms with Crippen LogP contribution in [0.2, 0.25) is 5.02 Å². The van der Waals surface area contributed by atoms with E-state index >= 15 is 0 Å². The van der Waals surface area contributed by atoms with Crippen molar-refractivity contribution < 1.29 is 4.79 Å². The number of halogens is 1. The van der Waals surface area contributed by atoms with Crippen molar-refractivity contribution in [3.8, 4) is 10.6 Å². The summed E-state index contributed by atoms with van der Waals surface area (Å²) in [6.45, 7) is 0.